The van der Waals surface area contributed by atoms with Gasteiger partial charge in [0.2, 0.25) is 0 Å². The van der Waals surface area contributed by atoms with Crippen LogP contribution in [0.5, 0.6) is 0 Å². The van der Waals surface area contributed by atoms with Crippen LogP contribution in [0, 0.1) is 20.8 Å². The highest BCUT2D eigenvalue weighted by atomic mass is 16.1. The van der Waals surface area contributed by atoms with Crippen molar-refractivity contribution in [1.82, 2.24) is 5.32 Å². The van der Waals surface area contributed by atoms with Gasteiger partial charge in [-0.1, -0.05) is 26.0 Å². The van der Waals surface area contributed by atoms with Gasteiger partial charge in [-0.2, -0.15) is 0 Å². The normalized spacial score (nSPS) is 11.7. The van der Waals surface area contributed by atoms with Gasteiger partial charge in [0.15, 0.2) is 0 Å². The Balaban J connectivity index is 2.76. The molecule has 0 spiro atoms. The van der Waals surface area contributed by atoms with Crippen LogP contribution < -0.4 is 5.32 Å². The number of carbonyl (C=O) groups excluding carboxylic acids is 1. The molecule has 0 fully saturated rings. The van der Waals surface area contributed by atoms with Crippen molar-refractivity contribution < 1.29 is 4.79 Å². The predicted octanol–water partition coefficient (Wildman–Crippen LogP) is 3.46. The minimum absolute atomic E-state index is 0.0827. The predicted molar refractivity (Wildman–Crippen MR) is 81.8 cm³/mol. The van der Waals surface area contributed by atoms with Crippen LogP contribution in [0.4, 0.5) is 0 Å². The lowest BCUT2D eigenvalue weighted by Gasteiger charge is -2.28. The number of hydrogen-bond acceptors (Lipinski definition) is 2. The maximum absolute atomic E-state index is 10.9. The number of aryl methyl sites for hydroxylation is 3. The summed E-state index contributed by atoms with van der Waals surface area (Å²) in [7, 11) is 0. The molecule has 0 amide bonds. The zero-order chi connectivity index (χ0) is 14.6. The average Bonchev–Trinajstić information content (AvgIpc) is 2.29. The standard InChI is InChI=1S/C17H27NO/c1-12-9-14(3)16(10-13(12)2)17(5,6)11-18-8-7-15(4)19/h9-10,18H,7-8,11H2,1-6H3. The fraction of sp³-hybridized carbons (Fsp3) is 0.588. The number of hydrogen-bond donors (Lipinski definition) is 1. The molecular formula is C17H27NO. The third-order valence-electron chi connectivity index (χ3n) is 3.79. The molecule has 1 aromatic rings. The number of carbonyl (C=O) groups is 1. The van der Waals surface area contributed by atoms with E-state index < -0.39 is 0 Å². The zero-order valence-electron chi connectivity index (χ0n) is 13.2. The smallest absolute Gasteiger partial charge is 0.131 e. The second kappa shape index (κ2) is 6.33. The van der Waals surface area contributed by atoms with Crippen molar-refractivity contribution in [1.29, 1.82) is 0 Å². The first-order valence-corrected chi connectivity index (χ1v) is 7.02. The minimum atomic E-state index is 0.0827. The molecule has 0 saturated heterocycles. The Bertz CT molecular complexity index is 461. The summed E-state index contributed by atoms with van der Waals surface area (Å²) in [4.78, 5) is 10.9. The summed E-state index contributed by atoms with van der Waals surface area (Å²) in [5.41, 5.74) is 5.52. The van der Waals surface area contributed by atoms with Crippen LogP contribution in [0.2, 0.25) is 0 Å². The van der Waals surface area contributed by atoms with Gasteiger partial charge >= 0.3 is 0 Å². The number of benzene rings is 1. The number of rotatable bonds is 6. The summed E-state index contributed by atoms with van der Waals surface area (Å²) in [6, 6.07) is 4.57. The van der Waals surface area contributed by atoms with Crippen molar-refractivity contribution in [2.75, 3.05) is 13.1 Å². The summed E-state index contributed by atoms with van der Waals surface area (Å²) in [5, 5.41) is 3.40. The second-order valence-corrected chi connectivity index (χ2v) is 6.26. The maximum Gasteiger partial charge on any atom is 0.131 e. The first kappa shape index (κ1) is 15.9. The summed E-state index contributed by atoms with van der Waals surface area (Å²) in [6.07, 6.45) is 0.613. The van der Waals surface area contributed by atoms with E-state index in [9.17, 15) is 4.79 Å². The Kier molecular flexibility index (Phi) is 5.30. The molecule has 0 unspecified atom stereocenters. The molecular weight excluding hydrogens is 234 g/mol. The molecule has 0 atom stereocenters. The van der Waals surface area contributed by atoms with E-state index in [4.69, 9.17) is 0 Å². The van der Waals surface area contributed by atoms with Gasteiger partial charge in [0, 0.05) is 24.9 Å². The fourth-order valence-electron chi connectivity index (χ4n) is 2.45. The lowest BCUT2D eigenvalue weighted by molar-refractivity contribution is -0.116. The van der Waals surface area contributed by atoms with Gasteiger partial charge < -0.3 is 5.32 Å². The number of Topliss-reactive ketones (excluding diaryl/α,β-unsaturated/α-hetero) is 1. The molecule has 0 aliphatic carbocycles. The molecule has 1 rings (SSSR count). The van der Waals surface area contributed by atoms with E-state index in [0.717, 1.165) is 13.1 Å². The van der Waals surface area contributed by atoms with Crippen molar-refractivity contribution in [2.24, 2.45) is 0 Å². The molecule has 0 aliphatic rings. The maximum atomic E-state index is 10.9. The summed E-state index contributed by atoms with van der Waals surface area (Å²) in [6.45, 7) is 14.3. The van der Waals surface area contributed by atoms with Crippen molar-refractivity contribution >= 4 is 5.78 Å². The highest BCUT2D eigenvalue weighted by Crippen LogP contribution is 2.28. The van der Waals surface area contributed by atoms with E-state index in [1.54, 1.807) is 6.92 Å². The van der Waals surface area contributed by atoms with Gasteiger partial charge in [0.1, 0.15) is 5.78 Å². The zero-order valence-corrected chi connectivity index (χ0v) is 13.2. The summed E-state index contributed by atoms with van der Waals surface area (Å²) in [5.74, 6) is 0.243. The topological polar surface area (TPSA) is 29.1 Å². The molecule has 2 nitrogen and oxygen atoms in total. The molecule has 106 valence electrons. The molecule has 1 aromatic carbocycles. The van der Waals surface area contributed by atoms with E-state index >= 15 is 0 Å². The monoisotopic (exact) mass is 261 g/mol. The van der Waals surface area contributed by atoms with Crippen molar-refractivity contribution in [3.05, 3.63) is 34.4 Å². The Morgan fingerprint density at radius 2 is 1.68 bits per heavy atom. The second-order valence-electron chi connectivity index (χ2n) is 6.26. The molecule has 1 N–H and O–H groups in total. The van der Waals surface area contributed by atoms with Crippen molar-refractivity contribution in [3.63, 3.8) is 0 Å². The van der Waals surface area contributed by atoms with Crippen LogP contribution >= 0.6 is 0 Å². The Labute approximate surface area is 117 Å². The van der Waals surface area contributed by atoms with Crippen LogP contribution in [0.15, 0.2) is 12.1 Å². The van der Waals surface area contributed by atoms with Gasteiger partial charge in [-0.15, -0.1) is 0 Å². The summed E-state index contributed by atoms with van der Waals surface area (Å²) < 4.78 is 0. The lowest BCUT2D eigenvalue weighted by Crippen LogP contribution is -2.34. The highest BCUT2D eigenvalue weighted by Gasteiger charge is 2.22. The van der Waals surface area contributed by atoms with Gasteiger partial charge in [0.25, 0.3) is 0 Å². The van der Waals surface area contributed by atoms with E-state index in [1.165, 1.54) is 22.3 Å². The number of ketones is 1. The Morgan fingerprint density at radius 3 is 2.26 bits per heavy atom. The molecule has 0 aromatic heterocycles. The van der Waals surface area contributed by atoms with Gasteiger partial charge in [-0.25, -0.2) is 0 Å². The van der Waals surface area contributed by atoms with Gasteiger partial charge in [-0.3, -0.25) is 4.79 Å². The largest absolute Gasteiger partial charge is 0.315 e. The van der Waals surface area contributed by atoms with Crippen molar-refractivity contribution in [2.45, 2.75) is 53.4 Å². The third-order valence-corrected chi connectivity index (χ3v) is 3.79. The Hall–Kier alpha value is -1.15. The molecule has 0 saturated carbocycles. The SMILES string of the molecule is CC(=O)CCNCC(C)(C)c1cc(C)c(C)cc1C. The van der Waals surface area contributed by atoms with E-state index in [0.29, 0.717) is 6.42 Å². The van der Waals surface area contributed by atoms with E-state index in [1.807, 2.05) is 0 Å². The van der Waals surface area contributed by atoms with Crippen LogP contribution in [-0.4, -0.2) is 18.9 Å². The van der Waals surface area contributed by atoms with E-state index in [-0.39, 0.29) is 11.2 Å². The fourth-order valence-corrected chi connectivity index (χ4v) is 2.45. The van der Waals surface area contributed by atoms with Crippen LogP contribution in [-0.2, 0) is 10.2 Å². The number of nitrogens with one attached hydrogen (secondary N) is 1. The molecule has 0 bridgehead atoms. The van der Waals surface area contributed by atoms with E-state index in [2.05, 4.69) is 52.1 Å². The van der Waals surface area contributed by atoms with Gasteiger partial charge in [-0.05, 0) is 49.9 Å². The quantitative estimate of drug-likeness (QED) is 0.795. The first-order chi connectivity index (χ1) is 8.74. The third kappa shape index (κ3) is 4.46. The van der Waals surface area contributed by atoms with Crippen LogP contribution in [0.3, 0.4) is 0 Å². The van der Waals surface area contributed by atoms with Crippen molar-refractivity contribution in [3.8, 4) is 0 Å². The Morgan fingerprint density at radius 1 is 1.11 bits per heavy atom. The molecule has 19 heavy (non-hydrogen) atoms. The highest BCUT2D eigenvalue weighted by molar-refractivity contribution is 5.75. The van der Waals surface area contributed by atoms with Crippen LogP contribution in [0.1, 0.15) is 49.4 Å². The van der Waals surface area contributed by atoms with Crippen LogP contribution in [0.25, 0.3) is 0 Å². The lowest BCUT2D eigenvalue weighted by atomic mass is 9.80. The molecule has 0 heterocycles. The molecule has 2 heteroatoms. The summed E-state index contributed by atoms with van der Waals surface area (Å²) >= 11 is 0. The first-order valence-electron chi connectivity index (χ1n) is 7.02. The van der Waals surface area contributed by atoms with Gasteiger partial charge in [0.05, 0.1) is 0 Å². The minimum Gasteiger partial charge on any atom is -0.315 e. The molecule has 0 aliphatic heterocycles. The average molecular weight is 261 g/mol. The molecule has 0 radical (unpaired) electrons.